The number of nitrogens with two attached hydrogens (primary N) is 1. The molecule has 3 N–H and O–H groups in total. The van der Waals surface area contributed by atoms with Gasteiger partial charge in [-0.15, -0.1) is 0 Å². The average Bonchev–Trinajstić information content (AvgIpc) is 2.76. The van der Waals surface area contributed by atoms with Crippen LogP contribution in [0.15, 0.2) is 23.2 Å². The largest absolute Gasteiger partial charge is 0.487 e. The Hall–Kier alpha value is -2.57. The van der Waals surface area contributed by atoms with Crippen molar-refractivity contribution in [3.05, 3.63) is 29.3 Å². The summed E-state index contributed by atoms with van der Waals surface area (Å²) in [7, 11) is 0. The van der Waals surface area contributed by atoms with E-state index in [1.165, 1.54) is 5.56 Å². The minimum atomic E-state index is -0.326. The first-order valence-electron chi connectivity index (χ1n) is 12.6. The number of hydrogen-bond acceptors (Lipinski definition) is 5. The van der Waals surface area contributed by atoms with Crippen molar-refractivity contribution in [3.63, 3.8) is 0 Å². The molecule has 2 unspecified atom stereocenters. The first kappa shape index (κ1) is 25.1. The van der Waals surface area contributed by atoms with Crippen LogP contribution in [0.25, 0.3) is 0 Å². The van der Waals surface area contributed by atoms with Gasteiger partial charge in [-0.25, -0.2) is 4.99 Å². The van der Waals surface area contributed by atoms with E-state index in [1.807, 2.05) is 19.9 Å². The number of aliphatic imine (C=N–C) groups is 1. The number of carbonyl (C=O) groups excluding carboxylic acids is 2. The number of benzene rings is 1. The van der Waals surface area contributed by atoms with Crippen molar-refractivity contribution < 1.29 is 14.3 Å². The molecule has 0 fully saturated rings. The molecule has 7 heteroatoms. The van der Waals surface area contributed by atoms with Crippen LogP contribution >= 0.6 is 0 Å². The molecule has 33 heavy (non-hydrogen) atoms. The van der Waals surface area contributed by atoms with Gasteiger partial charge in [-0.3, -0.25) is 14.5 Å². The van der Waals surface area contributed by atoms with E-state index < -0.39 is 0 Å². The maximum Gasteiger partial charge on any atom is 0.231 e. The number of ether oxygens (including phenoxy) is 1. The number of hydrogen-bond donors (Lipinski definition) is 2. The number of amides is 2. The van der Waals surface area contributed by atoms with Crippen LogP contribution in [0.3, 0.4) is 0 Å². The van der Waals surface area contributed by atoms with E-state index in [4.69, 9.17) is 10.5 Å². The number of carbonyl (C=O) groups is 2. The van der Waals surface area contributed by atoms with E-state index in [0.717, 1.165) is 49.8 Å². The van der Waals surface area contributed by atoms with Crippen LogP contribution in [-0.4, -0.2) is 40.9 Å². The number of nitrogens with one attached hydrogen (secondary N) is 1. The first-order chi connectivity index (χ1) is 15.8. The summed E-state index contributed by atoms with van der Waals surface area (Å²) in [4.78, 5) is 31.3. The van der Waals surface area contributed by atoms with Crippen LogP contribution in [0.4, 0.5) is 0 Å². The summed E-state index contributed by atoms with van der Waals surface area (Å²) in [6.07, 6.45) is 6.85. The van der Waals surface area contributed by atoms with E-state index in [1.54, 1.807) is 4.90 Å². The first-order valence-corrected chi connectivity index (χ1v) is 12.6. The number of fused-ring (bicyclic) bond motifs is 9. The van der Waals surface area contributed by atoms with E-state index in [0.29, 0.717) is 31.8 Å². The molecular weight excluding hydrogens is 416 g/mol. The molecule has 1 aromatic rings. The third kappa shape index (κ3) is 6.49. The smallest absolute Gasteiger partial charge is 0.231 e. The lowest BCUT2D eigenvalue weighted by Gasteiger charge is -2.38. The SMILES string of the molecule is CC.CC1(C)CC2NC(=O)CCCCN3C(=O)CC(CCCCc4ccc(c2c4)O1)N=C3N. The molecule has 1 aromatic carbocycles. The third-order valence-corrected chi connectivity index (χ3v) is 6.46. The highest BCUT2D eigenvalue weighted by molar-refractivity contribution is 5.98. The summed E-state index contributed by atoms with van der Waals surface area (Å²) in [5.41, 5.74) is 8.08. The van der Waals surface area contributed by atoms with Gasteiger partial charge in [0.05, 0.1) is 12.1 Å². The second-order valence-corrected chi connectivity index (χ2v) is 9.65. The van der Waals surface area contributed by atoms with Gasteiger partial charge < -0.3 is 15.8 Å². The Balaban J connectivity index is 0.00000149. The Kier molecular flexibility index (Phi) is 8.38. The molecular formula is C26H40N4O3. The molecule has 0 spiro atoms. The molecule has 0 aliphatic carbocycles. The number of aryl methyl sites for hydroxylation is 1. The van der Waals surface area contributed by atoms with Crippen molar-refractivity contribution in [1.29, 1.82) is 0 Å². The molecule has 4 aliphatic heterocycles. The third-order valence-electron chi connectivity index (χ3n) is 6.46. The molecule has 2 amide bonds. The van der Waals surface area contributed by atoms with Gasteiger partial charge in [-0.2, -0.15) is 0 Å². The van der Waals surface area contributed by atoms with Gasteiger partial charge in [0.25, 0.3) is 0 Å². The van der Waals surface area contributed by atoms with Gasteiger partial charge in [-0.05, 0) is 57.6 Å². The van der Waals surface area contributed by atoms with Crippen LogP contribution in [-0.2, 0) is 16.0 Å². The summed E-state index contributed by atoms with van der Waals surface area (Å²) < 4.78 is 6.19. The van der Waals surface area contributed by atoms with Crippen LogP contribution in [0.2, 0.25) is 0 Å². The molecule has 0 aromatic heterocycles. The van der Waals surface area contributed by atoms with Crippen molar-refractivity contribution in [2.24, 2.45) is 10.7 Å². The van der Waals surface area contributed by atoms with E-state index in [9.17, 15) is 9.59 Å². The van der Waals surface area contributed by atoms with E-state index in [2.05, 4.69) is 36.3 Å². The molecule has 4 aliphatic rings. The summed E-state index contributed by atoms with van der Waals surface area (Å²) in [5, 5.41) is 3.23. The monoisotopic (exact) mass is 456 g/mol. The molecule has 182 valence electrons. The zero-order chi connectivity index (χ0) is 24.0. The molecule has 0 saturated carbocycles. The Morgan fingerprint density at radius 2 is 1.88 bits per heavy atom. The van der Waals surface area contributed by atoms with Crippen molar-refractivity contribution >= 4 is 17.8 Å². The topological polar surface area (TPSA) is 97.0 Å². The summed E-state index contributed by atoms with van der Waals surface area (Å²) in [6, 6.07) is 6.29. The highest BCUT2D eigenvalue weighted by Crippen LogP contribution is 2.40. The van der Waals surface area contributed by atoms with E-state index in [-0.39, 0.29) is 29.5 Å². The second-order valence-electron chi connectivity index (χ2n) is 9.65. The number of nitrogens with zero attached hydrogens (tertiary/aromatic N) is 2. The predicted molar refractivity (Wildman–Crippen MR) is 131 cm³/mol. The predicted octanol–water partition coefficient (Wildman–Crippen LogP) is 4.24. The highest BCUT2D eigenvalue weighted by atomic mass is 16.5. The van der Waals surface area contributed by atoms with Crippen molar-refractivity contribution in [2.75, 3.05) is 6.54 Å². The molecule has 0 saturated heterocycles. The molecule has 5 rings (SSSR count). The molecule has 0 radical (unpaired) electrons. The average molecular weight is 457 g/mol. The number of guanidine groups is 1. The fourth-order valence-electron chi connectivity index (χ4n) is 4.87. The molecule has 4 bridgehead atoms. The van der Waals surface area contributed by atoms with Crippen molar-refractivity contribution in [3.8, 4) is 5.75 Å². The summed E-state index contributed by atoms with van der Waals surface area (Å²) in [6.45, 7) is 8.65. The van der Waals surface area contributed by atoms with Gasteiger partial charge in [0.15, 0.2) is 5.96 Å². The van der Waals surface area contributed by atoms with Crippen LogP contribution in [0, 0.1) is 0 Å². The Bertz CT molecular complexity index is 880. The zero-order valence-electron chi connectivity index (χ0n) is 20.7. The minimum Gasteiger partial charge on any atom is -0.487 e. The maximum atomic E-state index is 12.7. The van der Waals surface area contributed by atoms with Crippen LogP contribution in [0.1, 0.15) is 96.2 Å². The minimum absolute atomic E-state index is 0.0167. The van der Waals surface area contributed by atoms with Gasteiger partial charge in [-0.1, -0.05) is 32.4 Å². The summed E-state index contributed by atoms with van der Waals surface area (Å²) in [5.74, 6) is 1.28. The quantitative estimate of drug-likeness (QED) is 0.610. The fraction of sp³-hybridized carbons (Fsp3) is 0.654. The number of rotatable bonds is 0. The van der Waals surface area contributed by atoms with E-state index >= 15 is 0 Å². The Morgan fingerprint density at radius 3 is 2.64 bits per heavy atom. The van der Waals surface area contributed by atoms with Crippen LogP contribution < -0.4 is 15.8 Å². The highest BCUT2D eigenvalue weighted by Gasteiger charge is 2.34. The van der Waals surface area contributed by atoms with Crippen LogP contribution in [0.5, 0.6) is 5.75 Å². The molecule has 4 heterocycles. The summed E-state index contributed by atoms with van der Waals surface area (Å²) >= 11 is 0. The molecule has 2 atom stereocenters. The maximum absolute atomic E-state index is 12.7. The zero-order valence-corrected chi connectivity index (χ0v) is 20.7. The normalized spacial score (nSPS) is 25.5. The lowest BCUT2D eigenvalue weighted by Crippen LogP contribution is -2.47. The Labute approximate surface area is 198 Å². The lowest BCUT2D eigenvalue weighted by molar-refractivity contribution is -0.128. The standard InChI is InChI=1S/C24H34N4O3.C2H6/c1-24(2)15-19-18-13-16(10-11-20(18)31-24)7-3-4-8-17-14-22(30)28(23(25)26-17)12-6-5-9-21(29)27-19;1-2/h10-11,13,17,19H,3-9,12,14-15H2,1-2H3,(H2,25,26)(H,27,29);1-2H3. The lowest BCUT2D eigenvalue weighted by atomic mass is 9.88. The Morgan fingerprint density at radius 1 is 1.12 bits per heavy atom. The second kappa shape index (κ2) is 11.0. The van der Waals surface area contributed by atoms with Gasteiger partial charge in [0.2, 0.25) is 11.8 Å². The molecule has 7 nitrogen and oxygen atoms in total. The van der Waals surface area contributed by atoms with Gasteiger partial charge >= 0.3 is 0 Å². The van der Waals surface area contributed by atoms with Gasteiger partial charge in [0.1, 0.15) is 11.4 Å². The van der Waals surface area contributed by atoms with Gasteiger partial charge in [0, 0.05) is 31.4 Å². The van der Waals surface area contributed by atoms with Crippen molar-refractivity contribution in [2.45, 2.75) is 103 Å². The fourth-order valence-corrected chi connectivity index (χ4v) is 4.87. The van der Waals surface area contributed by atoms with Crippen molar-refractivity contribution in [1.82, 2.24) is 10.2 Å².